The maximum absolute atomic E-state index is 12.7. The van der Waals surface area contributed by atoms with Crippen LogP contribution in [0.25, 0.3) is 17.4 Å². The van der Waals surface area contributed by atoms with Gasteiger partial charge in [-0.25, -0.2) is 0 Å². The summed E-state index contributed by atoms with van der Waals surface area (Å²) in [7, 11) is 0. The SMILES string of the molecule is O=C1S/C(=C\c2ccc(-c3ccc([N+](=O)[O-])cc3Br)o2)C(=O)N1Cc1ccc(Cl)cc1. The Morgan fingerprint density at radius 2 is 1.87 bits per heavy atom. The molecular formula is C21H12BrClN2O5S. The van der Waals surface area contributed by atoms with Crippen molar-refractivity contribution in [3.8, 4) is 11.3 Å². The van der Waals surface area contributed by atoms with Crippen molar-refractivity contribution < 1.29 is 18.9 Å². The van der Waals surface area contributed by atoms with Crippen molar-refractivity contribution in [1.82, 2.24) is 4.90 Å². The average Bonchev–Trinajstić information content (AvgIpc) is 3.29. The molecule has 0 N–H and O–H groups in total. The first-order valence-electron chi connectivity index (χ1n) is 8.86. The third-order valence-electron chi connectivity index (χ3n) is 4.46. The molecule has 0 atom stereocenters. The Morgan fingerprint density at radius 1 is 1.13 bits per heavy atom. The normalized spacial score (nSPS) is 15.2. The van der Waals surface area contributed by atoms with Crippen LogP contribution in [0.4, 0.5) is 10.5 Å². The molecule has 0 saturated carbocycles. The second-order valence-corrected chi connectivity index (χ2v) is 8.80. The molecule has 2 aromatic carbocycles. The molecule has 1 aromatic heterocycles. The molecule has 0 bridgehead atoms. The molecule has 1 aliphatic rings. The Hall–Kier alpha value is -2.88. The molecule has 0 unspecified atom stereocenters. The van der Waals surface area contributed by atoms with Crippen LogP contribution in [0.5, 0.6) is 0 Å². The van der Waals surface area contributed by atoms with Crippen LogP contribution in [-0.2, 0) is 11.3 Å². The standard InChI is InChI=1S/C21H12BrClN2O5S/c22-17-9-14(25(28)29)5-7-16(17)18-8-6-15(30-18)10-19-20(26)24(21(27)31-19)11-12-1-3-13(23)4-2-12/h1-10H,11H2/b19-10-. The van der Waals surface area contributed by atoms with E-state index in [1.54, 1.807) is 42.5 Å². The molecule has 1 aliphatic heterocycles. The Bertz CT molecular complexity index is 1240. The predicted octanol–water partition coefficient (Wildman–Crippen LogP) is 6.51. The zero-order chi connectivity index (χ0) is 22.1. The van der Waals surface area contributed by atoms with Crippen LogP contribution in [-0.4, -0.2) is 21.0 Å². The number of imide groups is 1. The van der Waals surface area contributed by atoms with Gasteiger partial charge in [0.1, 0.15) is 11.5 Å². The van der Waals surface area contributed by atoms with Crippen LogP contribution in [0, 0.1) is 10.1 Å². The van der Waals surface area contributed by atoms with Gasteiger partial charge in [0.25, 0.3) is 16.8 Å². The average molecular weight is 520 g/mol. The molecule has 3 aromatic rings. The fourth-order valence-electron chi connectivity index (χ4n) is 2.93. The summed E-state index contributed by atoms with van der Waals surface area (Å²) in [6, 6.07) is 14.6. The van der Waals surface area contributed by atoms with Gasteiger partial charge in [0, 0.05) is 33.3 Å². The Labute approximate surface area is 193 Å². The van der Waals surface area contributed by atoms with Crippen molar-refractivity contribution in [2.75, 3.05) is 0 Å². The minimum atomic E-state index is -0.484. The number of amides is 2. The van der Waals surface area contributed by atoms with E-state index in [0.717, 1.165) is 22.2 Å². The van der Waals surface area contributed by atoms with Gasteiger partial charge in [-0.05, 0) is 63.6 Å². The molecule has 4 rings (SSSR count). The summed E-state index contributed by atoms with van der Waals surface area (Å²) in [5.41, 5.74) is 1.37. The second kappa shape index (κ2) is 8.70. The monoisotopic (exact) mass is 518 g/mol. The smallest absolute Gasteiger partial charge is 0.293 e. The molecule has 0 spiro atoms. The van der Waals surface area contributed by atoms with Crippen molar-refractivity contribution in [3.63, 3.8) is 0 Å². The molecule has 2 amide bonds. The number of carbonyl (C=O) groups excluding carboxylic acids is 2. The zero-order valence-corrected chi connectivity index (χ0v) is 18.7. The summed E-state index contributed by atoms with van der Waals surface area (Å²) in [5, 5.41) is 11.1. The lowest BCUT2D eigenvalue weighted by molar-refractivity contribution is -0.384. The molecule has 0 radical (unpaired) electrons. The van der Waals surface area contributed by atoms with E-state index in [0.29, 0.717) is 26.6 Å². The molecule has 1 fully saturated rings. The quantitative estimate of drug-likeness (QED) is 0.217. The third-order valence-corrected chi connectivity index (χ3v) is 6.27. The number of non-ortho nitro benzene ring substituents is 1. The number of hydrogen-bond acceptors (Lipinski definition) is 6. The van der Waals surface area contributed by atoms with E-state index in [9.17, 15) is 19.7 Å². The number of halogens is 2. The van der Waals surface area contributed by atoms with Gasteiger partial charge in [0.2, 0.25) is 0 Å². The van der Waals surface area contributed by atoms with E-state index in [1.807, 2.05) is 0 Å². The van der Waals surface area contributed by atoms with E-state index >= 15 is 0 Å². The molecule has 10 heteroatoms. The van der Waals surface area contributed by atoms with Gasteiger partial charge in [-0.2, -0.15) is 0 Å². The maximum atomic E-state index is 12.7. The first-order chi connectivity index (χ1) is 14.8. The van der Waals surface area contributed by atoms with E-state index in [4.69, 9.17) is 16.0 Å². The highest BCUT2D eigenvalue weighted by atomic mass is 79.9. The summed E-state index contributed by atoms with van der Waals surface area (Å²) < 4.78 is 6.28. The maximum Gasteiger partial charge on any atom is 0.293 e. The molecule has 156 valence electrons. The van der Waals surface area contributed by atoms with Crippen LogP contribution in [0.3, 0.4) is 0 Å². The molecule has 1 saturated heterocycles. The highest BCUT2D eigenvalue weighted by Gasteiger charge is 2.35. The lowest BCUT2D eigenvalue weighted by atomic mass is 10.1. The number of nitro groups is 1. The van der Waals surface area contributed by atoms with Gasteiger partial charge in [-0.3, -0.25) is 24.6 Å². The Morgan fingerprint density at radius 3 is 2.55 bits per heavy atom. The number of nitro benzene ring substituents is 1. The van der Waals surface area contributed by atoms with Crippen molar-refractivity contribution in [2.45, 2.75) is 6.54 Å². The van der Waals surface area contributed by atoms with Crippen molar-refractivity contribution in [3.05, 3.63) is 90.4 Å². The lowest BCUT2D eigenvalue weighted by Gasteiger charge is -2.12. The summed E-state index contributed by atoms with van der Waals surface area (Å²) >= 11 is 10.0. The topological polar surface area (TPSA) is 93.7 Å². The molecule has 0 aliphatic carbocycles. The highest BCUT2D eigenvalue weighted by molar-refractivity contribution is 9.10. The minimum absolute atomic E-state index is 0.0447. The first-order valence-corrected chi connectivity index (χ1v) is 10.8. The molecular weight excluding hydrogens is 508 g/mol. The number of benzene rings is 2. The lowest BCUT2D eigenvalue weighted by Crippen LogP contribution is -2.27. The van der Waals surface area contributed by atoms with E-state index in [-0.39, 0.29) is 22.4 Å². The number of rotatable bonds is 5. The number of hydrogen-bond donors (Lipinski definition) is 0. The summed E-state index contributed by atoms with van der Waals surface area (Å²) in [6.45, 7) is 0.151. The number of furan rings is 1. The van der Waals surface area contributed by atoms with Crippen LogP contribution in [0.1, 0.15) is 11.3 Å². The van der Waals surface area contributed by atoms with Gasteiger partial charge < -0.3 is 4.42 Å². The van der Waals surface area contributed by atoms with Gasteiger partial charge >= 0.3 is 0 Å². The fraction of sp³-hybridized carbons (Fsp3) is 0.0476. The van der Waals surface area contributed by atoms with Gasteiger partial charge in [-0.1, -0.05) is 23.7 Å². The van der Waals surface area contributed by atoms with Crippen molar-refractivity contribution in [2.24, 2.45) is 0 Å². The molecule has 7 nitrogen and oxygen atoms in total. The first kappa shape index (κ1) is 21.4. The second-order valence-electron chi connectivity index (χ2n) is 6.52. The Kier molecular flexibility index (Phi) is 5.99. The summed E-state index contributed by atoms with van der Waals surface area (Å²) in [5.74, 6) is 0.449. The van der Waals surface area contributed by atoms with Crippen LogP contribution < -0.4 is 0 Å². The molecule has 31 heavy (non-hydrogen) atoms. The predicted molar refractivity (Wildman–Crippen MR) is 121 cm³/mol. The van der Waals surface area contributed by atoms with E-state index in [2.05, 4.69) is 15.9 Å². The molecule has 2 heterocycles. The van der Waals surface area contributed by atoms with Crippen LogP contribution in [0.15, 0.2) is 68.4 Å². The summed E-state index contributed by atoms with van der Waals surface area (Å²) in [4.78, 5) is 36.9. The number of thioether (sulfide) groups is 1. The Balaban J connectivity index is 1.54. The van der Waals surface area contributed by atoms with E-state index in [1.165, 1.54) is 18.2 Å². The van der Waals surface area contributed by atoms with Gasteiger partial charge in [0.15, 0.2) is 0 Å². The van der Waals surface area contributed by atoms with Crippen molar-refractivity contribution in [1.29, 1.82) is 0 Å². The van der Waals surface area contributed by atoms with E-state index < -0.39 is 10.8 Å². The largest absolute Gasteiger partial charge is 0.457 e. The van der Waals surface area contributed by atoms with Crippen molar-refractivity contribution >= 4 is 62.2 Å². The van der Waals surface area contributed by atoms with Crippen LogP contribution >= 0.6 is 39.3 Å². The van der Waals surface area contributed by atoms with Gasteiger partial charge in [-0.15, -0.1) is 0 Å². The zero-order valence-electron chi connectivity index (χ0n) is 15.6. The number of nitrogens with zero attached hydrogens (tertiary/aromatic N) is 2. The minimum Gasteiger partial charge on any atom is -0.457 e. The summed E-state index contributed by atoms with van der Waals surface area (Å²) in [6.07, 6.45) is 1.51. The third kappa shape index (κ3) is 4.58. The van der Waals surface area contributed by atoms with Gasteiger partial charge in [0.05, 0.1) is 16.4 Å². The fourth-order valence-corrected chi connectivity index (χ4v) is 4.44. The highest BCUT2D eigenvalue weighted by Crippen LogP contribution is 2.36. The van der Waals surface area contributed by atoms with Crippen LogP contribution in [0.2, 0.25) is 5.02 Å². The number of carbonyl (C=O) groups is 2.